The van der Waals surface area contributed by atoms with E-state index in [9.17, 15) is 23.3 Å². The van der Waals surface area contributed by atoms with Crippen molar-refractivity contribution in [3.63, 3.8) is 0 Å². The maximum atomic E-state index is 12.8. The normalized spacial score (nSPS) is 18.2. The van der Waals surface area contributed by atoms with Crippen LogP contribution in [-0.2, 0) is 17.3 Å². The molecule has 1 aliphatic heterocycles. The van der Waals surface area contributed by atoms with Crippen molar-refractivity contribution in [1.29, 1.82) is 0 Å². The standard InChI is InChI=1S/C15H16F3N5O3/c1-2-13-19-14(21-20-13)12-8-22(5-6-26-12)10-4-3-9(15(16,17)18)7-11(10)23(24)25/h3-4,7,12H,2,5-6,8H2,1H3,(H,19,20,21). The number of halogens is 3. The summed E-state index contributed by atoms with van der Waals surface area (Å²) < 4.78 is 44.2. The lowest BCUT2D eigenvalue weighted by Crippen LogP contribution is -2.39. The SMILES string of the molecule is CCc1nc(C2CN(c3ccc(C(F)(F)F)cc3[N+](=O)[O-])CCO2)n[nH]1. The van der Waals surface area contributed by atoms with Crippen LogP contribution in [0, 0.1) is 10.1 Å². The van der Waals surface area contributed by atoms with E-state index in [-0.39, 0.29) is 18.8 Å². The highest BCUT2D eigenvalue weighted by Gasteiger charge is 2.35. The van der Waals surface area contributed by atoms with Gasteiger partial charge in [0.25, 0.3) is 5.69 Å². The number of anilines is 1. The fourth-order valence-electron chi connectivity index (χ4n) is 2.75. The number of nitrogens with zero attached hydrogens (tertiary/aromatic N) is 4. The van der Waals surface area contributed by atoms with Crippen LogP contribution < -0.4 is 4.90 Å². The zero-order valence-electron chi connectivity index (χ0n) is 13.8. The predicted octanol–water partition coefficient (Wildman–Crippen LogP) is 2.87. The third-order valence-electron chi connectivity index (χ3n) is 4.08. The average molecular weight is 371 g/mol. The van der Waals surface area contributed by atoms with Gasteiger partial charge >= 0.3 is 6.18 Å². The lowest BCUT2D eigenvalue weighted by Gasteiger charge is -2.33. The average Bonchev–Trinajstić information content (AvgIpc) is 3.10. The molecule has 0 spiro atoms. The number of nitro benzene ring substituents is 1. The summed E-state index contributed by atoms with van der Waals surface area (Å²) in [7, 11) is 0. The monoisotopic (exact) mass is 371 g/mol. The predicted molar refractivity (Wildman–Crippen MR) is 84.8 cm³/mol. The first-order valence-corrected chi connectivity index (χ1v) is 7.93. The van der Waals surface area contributed by atoms with E-state index in [0.717, 1.165) is 12.1 Å². The summed E-state index contributed by atoms with van der Waals surface area (Å²) in [4.78, 5) is 16.4. The summed E-state index contributed by atoms with van der Waals surface area (Å²) in [6, 6.07) is 2.52. The number of morpholine rings is 1. The fraction of sp³-hybridized carbons (Fsp3) is 0.467. The number of hydrogen-bond donors (Lipinski definition) is 1. The van der Waals surface area contributed by atoms with Crippen molar-refractivity contribution in [2.24, 2.45) is 0 Å². The molecular formula is C15H16F3N5O3. The van der Waals surface area contributed by atoms with Gasteiger partial charge in [-0.15, -0.1) is 0 Å². The molecule has 8 nitrogen and oxygen atoms in total. The van der Waals surface area contributed by atoms with Crippen LogP contribution in [0.3, 0.4) is 0 Å². The summed E-state index contributed by atoms with van der Waals surface area (Å²) in [5.41, 5.74) is -1.54. The maximum absolute atomic E-state index is 12.8. The maximum Gasteiger partial charge on any atom is 0.416 e. The molecule has 1 aromatic carbocycles. The molecule has 1 fully saturated rings. The minimum atomic E-state index is -4.65. The Morgan fingerprint density at radius 1 is 1.46 bits per heavy atom. The molecule has 140 valence electrons. The Labute approximate surface area is 146 Å². The molecule has 1 unspecified atom stereocenters. The van der Waals surface area contributed by atoms with Crippen molar-refractivity contribution in [3.05, 3.63) is 45.5 Å². The van der Waals surface area contributed by atoms with Crippen LogP contribution in [0.2, 0.25) is 0 Å². The number of ether oxygens (including phenoxy) is 1. The van der Waals surface area contributed by atoms with Gasteiger partial charge in [0.05, 0.1) is 23.6 Å². The molecule has 0 radical (unpaired) electrons. The summed E-state index contributed by atoms with van der Waals surface area (Å²) in [6.07, 6.45) is -4.51. The second kappa shape index (κ2) is 6.90. The zero-order valence-corrected chi connectivity index (χ0v) is 13.8. The zero-order chi connectivity index (χ0) is 18.9. The van der Waals surface area contributed by atoms with Gasteiger partial charge in [0.15, 0.2) is 5.82 Å². The van der Waals surface area contributed by atoms with Crippen molar-refractivity contribution < 1.29 is 22.8 Å². The highest BCUT2D eigenvalue weighted by molar-refractivity contribution is 5.65. The first kappa shape index (κ1) is 18.1. The van der Waals surface area contributed by atoms with E-state index < -0.39 is 28.5 Å². The highest BCUT2D eigenvalue weighted by Crippen LogP contribution is 2.37. The Bertz CT molecular complexity index is 808. The fourth-order valence-corrected chi connectivity index (χ4v) is 2.75. The van der Waals surface area contributed by atoms with Crippen LogP contribution in [0.5, 0.6) is 0 Å². The van der Waals surface area contributed by atoms with Crippen LogP contribution in [-0.4, -0.2) is 39.8 Å². The van der Waals surface area contributed by atoms with E-state index >= 15 is 0 Å². The van der Waals surface area contributed by atoms with Crippen molar-refractivity contribution in [3.8, 4) is 0 Å². The topological polar surface area (TPSA) is 97.2 Å². The Hall–Kier alpha value is -2.69. The molecule has 0 aliphatic carbocycles. The first-order valence-electron chi connectivity index (χ1n) is 7.93. The second-order valence-corrected chi connectivity index (χ2v) is 5.76. The molecule has 0 saturated carbocycles. The molecule has 1 atom stereocenters. The van der Waals surface area contributed by atoms with Crippen LogP contribution in [0.25, 0.3) is 0 Å². The highest BCUT2D eigenvalue weighted by atomic mass is 19.4. The lowest BCUT2D eigenvalue weighted by atomic mass is 10.1. The lowest BCUT2D eigenvalue weighted by molar-refractivity contribution is -0.384. The minimum Gasteiger partial charge on any atom is -0.366 e. The smallest absolute Gasteiger partial charge is 0.366 e. The van der Waals surface area contributed by atoms with Crippen molar-refractivity contribution in [1.82, 2.24) is 15.2 Å². The van der Waals surface area contributed by atoms with E-state index in [4.69, 9.17) is 4.74 Å². The van der Waals surface area contributed by atoms with Crippen molar-refractivity contribution in [2.75, 3.05) is 24.6 Å². The largest absolute Gasteiger partial charge is 0.416 e. The van der Waals surface area contributed by atoms with Crippen molar-refractivity contribution in [2.45, 2.75) is 25.6 Å². The molecule has 3 rings (SSSR count). The molecule has 2 heterocycles. The number of rotatable bonds is 4. The molecule has 1 saturated heterocycles. The van der Waals surface area contributed by atoms with Gasteiger partial charge in [-0.3, -0.25) is 15.2 Å². The van der Waals surface area contributed by atoms with Gasteiger partial charge in [-0.25, -0.2) is 4.98 Å². The van der Waals surface area contributed by atoms with Gasteiger partial charge in [-0.2, -0.15) is 18.3 Å². The summed E-state index contributed by atoms with van der Waals surface area (Å²) in [5, 5.41) is 18.1. The molecule has 0 amide bonds. The number of benzene rings is 1. The molecule has 1 aliphatic rings. The van der Waals surface area contributed by atoms with Gasteiger partial charge < -0.3 is 9.64 Å². The minimum absolute atomic E-state index is 0.113. The number of hydrogen-bond acceptors (Lipinski definition) is 6. The summed E-state index contributed by atoms with van der Waals surface area (Å²) in [6.45, 7) is 2.67. The number of H-pyrrole nitrogens is 1. The molecular weight excluding hydrogens is 355 g/mol. The molecule has 1 aromatic heterocycles. The van der Waals surface area contributed by atoms with Gasteiger partial charge in [-0.1, -0.05) is 6.92 Å². The Kier molecular flexibility index (Phi) is 4.81. The van der Waals surface area contributed by atoms with E-state index in [2.05, 4.69) is 15.2 Å². The number of aromatic nitrogens is 3. The summed E-state index contributed by atoms with van der Waals surface area (Å²) >= 11 is 0. The van der Waals surface area contributed by atoms with Crippen molar-refractivity contribution >= 4 is 11.4 Å². The molecule has 1 N–H and O–H groups in total. The van der Waals surface area contributed by atoms with E-state index in [1.807, 2.05) is 6.92 Å². The number of nitro groups is 1. The molecule has 26 heavy (non-hydrogen) atoms. The Morgan fingerprint density at radius 3 is 2.85 bits per heavy atom. The molecule has 0 bridgehead atoms. The number of aryl methyl sites for hydroxylation is 1. The first-order chi connectivity index (χ1) is 12.3. The quantitative estimate of drug-likeness (QED) is 0.656. The number of nitrogens with one attached hydrogen (secondary N) is 1. The van der Waals surface area contributed by atoms with E-state index in [1.54, 1.807) is 4.90 Å². The number of aromatic amines is 1. The second-order valence-electron chi connectivity index (χ2n) is 5.76. The van der Waals surface area contributed by atoms with Gasteiger partial charge in [0.1, 0.15) is 17.6 Å². The van der Waals surface area contributed by atoms with Gasteiger partial charge in [0.2, 0.25) is 0 Å². The van der Waals surface area contributed by atoms with Gasteiger partial charge in [0, 0.05) is 19.0 Å². The third kappa shape index (κ3) is 3.62. The Balaban J connectivity index is 1.89. The molecule has 2 aromatic rings. The van der Waals surface area contributed by atoms with Gasteiger partial charge in [-0.05, 0) is 12.1 Å². The Morgan fingerprint density at radius 2 is 2.23 bits per heavy atom. The van der Waals surface area contributed by atoms with Crippen LogP contribution >= 0.6 is 0 Å². The van der Waals surface area contributed by atoms with Crippen LogP contribution in [0.4, 0.5) is 24.5 Å². The van der Waals surface area contributed by atoms with Crippen LogP contribution in [0.15, 0.2) is 18.2 Å². The number of alkyl halides is 3. The third-order valence-corrected chi connectivity index (χ3v) is 4.08. The summed E-state index contributed by atoms with van der Waals surface area (Å²) in [5.74, 6) is 1.10. The van der Waals surface area contributed by atoms with E-state index in [0.29, 0.717) is 30.7 Å². The van der Waals surface area contributed by atoms with E-state index in [1.165, 1.54) is 0 Å². The molecule has 11 heteroatoms. The van der Waals surface area contributed by atoms with Crippen LogP contribution in [0.1, 0.15) is 30.2 Å².